The Balaban J connectivity index is 2.21. The van der Waals surface area contributed by atoms with Gasteiger partial charge < -0.3 is 10.4 Å². The van der Waals surface area contributed by atoms with Crippen LogP contribution < -0.4 is 5.32 Å². The highest BCUT2D eigenvalue weighted by Gasteiger charge is 2.15. The average molecular weight is 284 g/mol. The Morgan fingerprint density at radius 2 is 1.90 bits per heavy atom. The van der Waals surface area contributed by atoms with Crippen molar-refractivity contribution in [2.24, 2.45) is 0 Å². The molecule has 2 rings (SSSR count). The third-order valence-electron chi connectivity index (χ3n) is 3.57. The number of carbonyl (C=O) groups excluding carboxylic acids is 1. The van der Waals surface area contributed by atoms with Crippen LogP contribution in [0.1, 0.15) is 45.8 Å². The monoisotopic (exact) mass is 284 g/mol. The van der Waals surface area contributed by atoms with Gasteiger partial charge in [-0.05, 0) is 38.0 Å². The molecule has 0 unspecified atom stereocenters. The van der Waals surface area contributed by atoms with Crippen molar-refractivity contribution in [1.82, 2.24) is 10.3 Å². The molecule has 1 amide bonds. The number of aliphatic hydroxyl groups excluding tert-OH is 1. The number of rotatable bonds is 4. The molecular formula is C17H20N2O2. The molecule has 0 bridgehead atoms. The van der Waals surface area contributed by atoms with Gasteiger partial charge in [-0.2, -0.15) is 0 Å². The first kappa shape index (κ1) is 15.2. The molecule has 0 spiro atoms. The molecule has 0 aliphatic rings. The van der Waals surface area contributed by atoms with E-state index >= 15 is 0 Å². The smallest absolute Gasteiger partial charge is 0.253 e. The first-order valence-electron chi connectivity index (χ1n) is 6.96. The highest BCUT2D eigenvalue weighted by atomic mass is 16.3. The Bertz CT molecular complexity index is 639. The van der Waals surface area contributed by atoms with Crippen molar-refractivity contribution in [2.45, 2.75) is 33.4 Å². The second kappa shape index (κ2) is 6.50. The Morgan fingerprint density at radius 1 is 1.24 bits per heavy atom. The number of aliphatic hydroxyl groups is 1. The molecule has 21 heavy (non-hydrogen) atoms. The summed E-state index contributed by atoms with van der Waals surface area (Å²) in [5.41, 5.74) is 3.65. The lowest BCUT2D eigenvalue weighted by Crippen LogP contribution is -2.27. The summed E-state index contributed by atoms with van der Waals surface area (Å²) >= 11 is 0. The second-order valence-electron chi connectivity index (χ2n) is 5.13. The number of hydrogen-bond acceptors (Lipinski definition) is 3. The van der Waals surface area contributed by atoms with Gasteiger partial charge in [0.25, 0.3) is 5.91 Å². The molecule has 0 aliphatic carbocycles. The highest BCUT2D eigenvalue weighted by molar-refractivity contribution is 5.95. The summed E-state index contributed by atoms with van der Waals surface area (Å²) < 4.78 is 0. The summed E-state index contributed by atoms with van der Waals surface area (Å²) in [5, 5.41) is 12.3. The van der Waals surface area contributed by atoms with Gasteiger partial charge in [-0.1, -0.05) is 30.3 Å². The van der Waals surface area contributed by atoms with Crippen LogP contribution in [0.3, 0.4) is 0 Å². The molecule has 0 aliphatic heterocycles. The van der Waals surface area contributed by atoms with E-state index in [1.54, 1.807) is 13.0 Å². The lowest BCUT2D eigenvalue weighted by Gasteiger charge is -2.16. The van der Waals surface area contributed by atoms with E-state index < -0.39 is 0 Å². The molecule has 0 radical (unpaired) electrons. The standard InChI is InChI=1S/C17H20N2O2/c1-11(14-7-5-4-6-8-14)19-17(21)16-9-15(10-20)12(2)18-13(16)3/h4-9,11,20H,10H2,1-3H3,(H,19,21)/t11-/m0/s1. The molecular weight excluding hydrogens is 264 g/mol. The quantitative estimate of drug-likeness (QED) is 0.907. The summed E-state index contributed by atoms with van der Waals surface area (Å²) in [6.07, 6.45) is 0. The number of hydrogen-bond donors (Lipinski definition) is 2. The van der Waals surface area contributed by atoms with Crippen molar-refractivity contribution >= 4 is 5.91 Å². The largest absolute Gasteiger partial charge is 0.392 e. The predicted molar refractivity (Wildman–Crippen MR) is 82.0 cm³/mol. The minimum Gasteiger partial charge on any atom is -0.392 e. The third-order valence-corrected chi connectivity index (χ3v) is 3.57. The van der Waals surface area contributed by atoms with E-state index in [1.165, 1.54) is 0 Å². The number of aromatic nitrogens is 1. The first-order valence-corrected chi connectivity index (χ1v) is 6.96. The second-order valence-corrected chi connectivity index (χ2v) is 5.13. The number of pyridine rings is 1. The van der Waals surface area contributed by atoms with Crippen LogP contribution in [0.4, 0.5) is 0 Å². The fourth-order valence-corrected chi connectivity index (χ4v) is 2.26. The zero-order valence-corrected chi connectivity index (χ0v) is 12.6. The van der Waals surface area contributed by atoms with Crippen LogP contribution in [0.5, 0.6) is 0 Å². The van der Waals surface area contributed by atoms with Crippen LogP contribution in [0.15, 0.2) is 36.4 Å². The normalized spacial score (nSPS) is 12.0. The fourth-order valence-electron chi connectivity index (χ4n) is 2.26. The highest BCUT2D eigenvalue weighted by Crippen LogP contribution is 2.16. The SMILES string of the molecule is Cc1nc(C)c(C(=O)N[C@@H](C)c2ccccc2)cc1CO. The van der Waals surface area contributed by atoms with Gasteiger partial charge in [0.05, 0.1) is 23.9 Å². The van der Waals surface area contributed by atoms with E-state index in [9.17, 15) is 9.90 Å². The minimum absolute atomic E-state index is 0.0861. The van der Waals surface area contributed by atoms with Crippen LogP contribution in [0.2, 0.25) is 0 Å². The lowest BCUT2D eigenvalue weighted by atomic mass is 10.1. The topological polar surface area (TPSA) is 62.2 Å². The molecule has 110 valence electrons. The number of aryl methyl sites for hydroxylation is 2. The summed E-state index contributed by atoms with van der Waals surface area (Å²) in [4.78, 5) is 16.7. The maximum absolute atomic E-state index is 12.4. The zero-order chi connectivity index (χ0) is 15.4. The van der Waals surface area contributed by atoms with Crippen molar-refractivity contribution in [1.29, 1.82) is 0 Å². The van der Waals surface area contributed by atoms with Gasteiger partial charge in [-0.25, -0.2) is 0 Å². The third kappa shape index (κ3) is 3.47. The Hall–Kier alpha value is -2.20. The number of amides is 1. The van der Waals surface area contributed by atoms with Crippen LogP contribution in [0.25, 0.3) is 0 Å². The van der Waals surface area contributed by atoms with E-state index in [4.69, 9.17) is 0 Å². The van der Waals surface area contributed by atoms with Crippen LogP contribution in [-0.4, -0.2) is 16.0 Å². The molecule has 1 aromatic carbocycles. The molecule has 1 aromatic heterocycles. The summed E-state index contributed by atoms with van der Waals surface area (Å²) in [5.74, 6) is -0.175. The van der Waals surface area contributed by atoms with Crippen molar-refractivity contribution in [3.05, 3.63) is 64.5 Å². The minimum atomic E-state index is -0.175. The molecule has 1 heterocycles. The van der Waals surface area contributed by atoms with E-state index in [0.717, 1.165) is 11.3 Å². The van der Waals surface area contributed by atoms with Crippen LogP contribution in [0, 0.1) is 13.8 Å². The van der Waals surface area contributed by atoms with Crippen LogP contribution in [-0.2, 0) is 6.61 Å². The molecule has 4 heteroatoms. The molecule has 2 aromatic rings. The fraction of sp³-hybridized carbons (Fsp3) is 0.294. The van der Waals surface area contributed by atoms with Crippen molar-refractivity contribution < 1.29 is 9.90 Å². The van der Waals surface area contributed by atoms with Gasteiger partial charge in [0.15, 0.2) is 0 Å². The maximum atomic E-state index is 12.4. The van der Waals surface area contributed by atoms with Crippen LogP contribution >= 0.6 is 0 Å². The molecule has 2 N–H and O–H groups in total. The van der Waals surface area contributed by atoms with Gasteiger partial charge in [0.1, 0.15) is 0 Å². The van der Waals surface area contributed by atoms with Gasteiger partial charge in [-0.15, -0.1) is 0 Å². The first-order chi connectivity index (χ1) is 10.0. The number of benzene rings is 1. The Morgan fingerprint density at radius 3 is 2.52 bits per heavy atom. The van der Waals surface area contributed by atoms with E-state index in [0.29, 0.717) is 16.8 Å². The molecule has 4 nitrogen and oxygen atoms in total. The van der Waals surface area contributed by atoms with Gasteiger partial charge >= 0.3 is 0 Å². The van der Waals surface area contributed by atoms with Gasteiger partial charge in [-0.3, -0.25) is 9.78 Å². The lowest BCUT2D eigenvalue weighted by molar-refractivity contribution is 0.0938. The molecule has 1 atom stereocenters. The number of nitrogens with zero attached hydrogens (tertiary/aromatic N) is 1. The van der Waals surface area contributed by atoms with Crippen molar-refractivity contribution in [3.8, 4) is 0 Å². The predicted octanol–water partition coefficient (Wildman–Crippen LogP) is 2.68. The van der Waals surface area contributed by atoms with Gasteiger partial charge in [0.2, 0.25) is 0 Å². The molecule has 0 fully saturated rings. The van der Waals surface area contributed by atoms with E-state index in [-0.39, 0.29) is 18.6 Å². The number of carbonyl (C=O) groups is 1. The Kier molecular flexibility index (Phi) is 4.70. The number of nitrogens with one attached hydrogen (secondary N) is 1. The maximum Gasteiger partial charge on any atom is 0.253 e. The van der Waals surface area contributed by atoms with E-state index in [1.807, 2.05) is 44.2 Å². The summed E-state index contributed by atoms with van der Waals surface area (Å²) in [7, 11) is 0. The average Bonchev–Trinajstić information content (AvgIpc) is 2.48. The van der Waals surface area contributed by atoms with Gasteiger partial charge in [0, 0.05) is 5.69 Å². The van der Waals surface area contributed by atoms with Crippen molar-refractivity contribution in [2.75, 3.05) is 0 Å². The zero-order valence-electron chi connectivity index (χ0n) is 12.6. The van der Waals surface area contributed by atoms with E-state index in [2.05, 4.69) is 10.3 Å². The summed E-state index contributed by atoms with van der Waals surface area (Å²) in [6.45, 7) is 5.45. The van der Waals surface area contributed by atoms with Crippen molar-refractivity contribution in [3.63, 3.8) is 0 Å². The molecule has 0 saturated carbocycles. The summed E-state index contributed by atoms with van der Waals surface area (Å²) in [6, 6.07) is 11.4. The molecule has 0 saturated heterocycles. The Labute approximate surface area is 124 Å².